The van der Waals surface area contributed by atoms with Crippen LogP contribution in [0.4, 0.5) is 11.4 Å². The Balaban J connectivity index is 1.87. The zero-order valence-corrected chi connectivity index (χ0v) is 18.5. The SMILES string of the molecule is C=CCOc1ccc(NC(=O)C2(C)CCCN(c3c(C)cccc3C)S2(=O)=O)cc1. The maximum absolute atomic E-state index is 13.6. The molecule has 3 rings (SSSR count). The molecule has 0 spiro atoms. The Morgan fingerprint density at radius 3 is 2.43 bits per heavy atom. The zero-order chi connectivity index (χ0) is 21.9. The van der Waals surface area contributed by atoms with Crippen molar-refractivity contribution in [2.75, 3.05) is 22.8 Å². The largest absolute Gasteiger partial charge is 0.490 e. The Kier molecular flexibility index (Phi) is 6.22. The maximum atomic E-state index is 13.6. The fraction of sp³-hybridized carbons (Fsp3) is 0.348. The van der Waals surface area contributed by atoms with Gasteiger partial charge < -0.3 is 10.1 Å². The van der Waals surface area contributed by atoms with Gasteiger partial charge in [0.25, 0.3) is 0 Å². The highest BCUT2D eigenvalue weighted by molar-refractivity contribution is 7.95. The number of para-hydroxylation sites is 1. The molecule has 1 unspecified atom stereocenters. The number of carbonyl (C=O) groups is 1. The molecule has 0 radical (unpaired) electrons. The van der Waals surface area contributed by atoms with E-state index in [0.29, 0.717) is 36.7 Å². The van der Waals surface area contributed by atoms with Gasteiger partial charge in [0.15, 0.2) is 4.75 Å². The van der Waals surface area contributed by atoms with E-state index in [-0.39, 0.29) is 6.42 Å². The topological polar surface area (TPSA) is 75.7 Å². The lowest BCUT2D eigenvalue weighted by molar-refractivity contribution is -0.118. The molecule has 6 nitrogen and oxygen atoms in total. The molecule has 1 aliphatic heterocycles. The van der Waals surface area contributed by atoms with Gasteiger partial charge in [0, 0.05) is 12.2 Å². The molecule has 0 aliphatic carbocycles. The minimum Gasteiger partial charge on any atom is -0.490 e. The summed E-state index contributed by atoms with van der Waals surface area (Å²) in [6.07, 6.45) is 2.51. The molecule has 1 heterocycles. The summed E-state index contributed by atoms with van der Waals surface area (Å²) in [6.45, 7) is 9.64. The molecule has 1 fully saturated rings. The second kappa shape index (κ2) is 8.52. The van der Waals surface area contributed by atoms with Crippen molar-refractivity contribution in [1.29, 1.82) is 0 Å². The third kappa shape index (κ3) is 3.94. The van der Waals surface area contributed by atoms with E-state index in [2.05, 4.69) is 11.9 Å². The summed E-state index contributed by atoms with van der Waals surface area (Å²) in [6, 6.07) is 12.5. The van der Waals surface area contributed by atoms with Gasteiger partial charge in [-0.2, -0.15) is 0 Å². The molecule has 0 aromatic heterocycles. The van der Waals surface area contributed by atoms with Crippen molar-refractivity contribution in [3.05, 3.63) is 66.2 Å². The number of benzene rings is 2. The van der Waals surface area contributed by atoms with Crippen molar-refractivity contribution in [2.24, 2.45) is 0 Å². The van der Waals surface area contributed by atoms with Gasteiger partial charge in [-0.05, 0) is 69.0 Å². The van der Waals surface area contributed by atoms with Gasteiger partial charge in [-0.3, -0.25) is 9.10 Å². The second-order valence-electron chi connectivity index (χ2n) is 7.73. The molecular formula is C23H28N2O4S. The molecule has 160 valence electrons. The number of sulfonamides is 1. The predicted molar refractivity (Wildman–Crippen MR) is 121 cm³/mol. The quantitative estimate of drug-likeness (QED) is 0.700. The Morgan fingerprint density at radius 2 is 1.83 bits per heavy atom. The van der Waals surface area contributed by atoms with Crippen LogP contribution in [0.3, 0.4) is 0 Å². The molecule has 1 aliphatic rings. The molecular weight excluding hydrogens is 400 g/mol. The number of hydrogen-bond donors (Lipinski definition) is 1. The number of anilines is 2. The summed E-state index contributed by atoms with van der Waals surface area (Å²) in [7, 11) is -3.92. The predicted octanol–water partition coefficient (Wildman–Crippen LogP) is 4.20. The number of nitrogens with one attached hydrogen (secondary N) is 1. The molecule has 7 heteroatoms. The van der Waals surface area contributed by atoms with E-state index in [1.807, 2.05) is 32.0 Å². The molecule has 1 amide bonds. The van der Waals surface area contributed by atoms with E-state index in [1.165, 1.54) is 11.2 Å². The lowest BCUT2D eigenvalue weighted by Crippen LogP contribution is -2.57. The third-order valence-corrected chi connectivity index (χ3v) is 8.00. The Bertz CT molecular complexity index is 1030. The first-order chi connectivity index (χ1) is 14.2. The molecule has 2 aromatic rings. The van der Waals surface area contributed by atoms with E-state index in [4.69, 9.17) is 4.74 Å². The van der Waals surface area contributed by atoms with Crippen LogP contribution in [0.2, 0.25) is 0 Å². The van der Waals surface area contributed by atoms with E-state index >= 15 is 0 Å². The normalized spacial score (nSPS) is 20.4. The lowest BCUT2D eigenvalue weighted by atomic mass is 10.0. The lowest BCUT2D eigenvalue weighted by Gasteiger charge is -2.40. The first-order valence-corrected chi connectivity index (χ1v) is 11.4. The summed E-state index contributed by atoms with van der Waals surface area (Å²) in [5.41, 5.74) is 2.93. The van der Waals surface area contributed by atoms with E-state index < -0.39 is 20.7 Å². The third-order valence-electron chi connectivity index (χ3n) is 5.52. The van der Waals surface area contributed by atoms with Crippen LogP contribution in [-0.2, 0) is 14.8 Å². The minimum absolute atomic E-state index is 0.267. The van der Waals surface area contributed by atoms with Crippen molar-refractivity contribution in [2.45, 2.75) is 38.4 Å². The Hall–Kier alpha value is -2.80. The van der Waals surface area contributed by atoms with Crippen LogP contribution in [0, 0.1) is 13.8 Å². The van der Waals surface area contributed by atoms with Gasteiger partial charge in [-0.15, -0.1) is 0 Å². The first-order valence-electron chi connectivity index (χ1n) is 9.94. The molecule has 0 saturated carbocycles. The van der Waals surface area contributed by atoms with Crippen LogP contribution in [0.15, 0.2) is 55.1 Å². The summed E-state index contributed by atoms with van der Waals surface area (Å²) < 4.78 is 32.4. The summed E-state index contributed by atoms with van der Waals surface area (Å²) >= 11 is 0. The van der Waals surface area contributed by atoms with Crippen LogP contribution in [0.25, 0.3) is 0 Å². The number of amides is 1. The highest BCUT2D eigenvalue weighted by Crippen LogP contribution is 2.38. The smallest absolute Gasteiger partial charge is 0.249 e. The summed E-state index contributed by atoms with van der Waals surface area (Å²) in [5, 5.41) is 2.77. The van der Waals surface area contributed by atoms with E-state index in [1.54, 1.807) is 30.3 Å². The highest BCUT2D eigenvalue weighted by atomic mass is 32.2. The van der Waals surface area contributed by atoms with Crippen molar-refractivity contribution in [3.8, 4) is 5.75 Å². The van der Waals surface area contributed by atoms with Crippen LogP contribution < -0.4 is 14.4 Å². The number of aryl methyl sites for hydroxylation is 2. The maximum Gasteiger partial charge on any atom is 0.249 e. The fourth-order valence-electron chi connectivity index (χ4n) is 3.77. The van der Waals surface area contributed by atoms with Gasteiger partial charge in [0.1, 0.15) is 12.4 Å². The van der Waals surface area contributed by atoms with Gasteiger partial charge in [0.2, 0.25) is 15.9 Å². The van der Waals surface area contributed by atoms with Crippen molar-refractivity contribution in [1.82, 2.24) is 0 Å². The first kappa shape index (κ1) is 21.9. The molecule has 30 heavy (non-hydrogen) atoms. The van der Waals surface area contributed by atoms with Crippen LogP contribution >= 0.6 is 0 Å². The molecule has 0 bridgehead atoms. The van der Waals surface area contributed by atoms with Crippen molar-refractivity contribution < 1.29 is 17.9 Å². The zero-order valence-electron chi connectivity index (χ0n) is 17.6. The van der Waals surface area contributed by atoms with Gasteiger partial charge in [-0.1, -0.05) is 30.9 Å². The summed E-state index contributed by atoms with van der Waals surface area (Å²) in [4.78, 5) is 13.1. The average Bonchev–Trinajstić information content (AvgIpc) is 2.70. The van der Waals surface area contributed by atoms with E-state index in [9.17, 15) is 13.2 Å². The molecule has 1 N–H and O–H groups in total. The van der Waals surface area contributed by atoms with E-state index in [0.717, 1.165) is 11.1 Å². The number of carbonyl (C=O) groups excluding carboxylic acids is 1. The average molecular weight is 429 g/mol. The number of hydrogen-bond acceptors (Lipinski definition) is 4. The fourth-order valence-corrected chi connectivity index (χ4v) is 5.84. The summed E-state index contributed by atoms with van der Waals surface area (Å²) in [5.74, 6) is 0.115. The van der Waals surface area contributed by atoms with Crippen LogP contribution in [0.5, 0.6) is 5.75 Å². The Labute approximate surface area is 178 Å². The van der Waals surface area contributed by atoms with Gasteiger partial charge >= 0.3 is 0 Å². The Morgan fingerprint density at radius 1 is 1.20 bits per heavy atom. The van der Waals surface area contributed by atoms with Crippen LogP contribution in [0.1, 0.15) is 30.9 Å². The van der Waals surface area contributed by atoms with Gasteiger partial charge in [-0.25, -0.2) is 8.42 Å². The highest BCUT2D eigenvalue weighted by Gasteiger charge is 2.52. The van der Waals surface area contributed by atoms with Crippen molar-refractivity contribution >= 4 is 27.3 Å². The number of ether oxygens (including phenoxy) is 1. The standard InChI is InChI=1S/C23H28N2O4S/c1-5-16-29-20-12-10-19(11-13-20)24-22(26)23(4)14-7-15-25(30(23,27)28)21-17(2)8-6-9-18(21)3/h5-6,8-13H,1,7,14-16H2,2-4H3,(H,24,26). The molecule has 1 atom stereocenters. The molecule has 1 saturated heterocycles. The van der Waals surface area contributed by atoms with Crippen LogP contribution in [-0.4, -0.2) is 32.2 Å². The van der Waals surface area contributed by atoms with Crippen molar-refractivity contribution in [3.63, 3.8) is 0 Å². The second-order valence-corrected chi connectivity index (χ2v) is 10.0. The molecule has 2 aromatic carbocycles. The number of nitrogens with zero attached hydrogens (tertiary/aromatic N) is 1. The van der Waals surface area contributed by atoms with Gasteiger partial charge in [0.05, 0.1) is 5.69 Å². The minimum atomic E-state index is -3.92. The number of rotatable bonds is 6. The monoisotopic (exact) mass is 428 g/mol.